The van der Waals surface area contributed by atoms with Crippen molar-refractivity contribution in [2.75, 3.05) is 17.6 Å². The molecule has 1 heterocycles. The summed E-state index contributed by atoms with van der Waals surface area (Å²) >= 11 is 1.13. The normalized spacial score (nSPS) is 11.1. The fourth-order valence-electron chi connectivity index (χ4n) is 3.92. The lowest BCUT2D eigenvalue weighted by molar-refractivity contribution is -0.113. The number of nitrogens with one attached hydrogen (secondary N) is 2. The number of aryl methyl sites for hydroxylation is 1. The monoisotopic (exact) mass is 546 g/mol. The lowest BCUT2D eigenvalue weighted by Crippen LogP contribution is -2.26. The van der Waals surface area contributed by atoms with Crippen molar-refractivity contribution in [3.63, 3.8) is 0 Å². The summed E-state index contributed by atoms with van der Waals surface area (Å²) in [7, 11) is 0. The summed E-state index contributed by atoms with van der Waals surface area (Å²) in [5.74, 6) is -0.391. The molecule has 0 saturated carbocycles. The number of carbonyl (C=O) groups is 2. The highest BCUT2D eigenvalue weighted by Crippen LogP contribution is 2.20. The third-order valence-corrected chi connectivity index (χ3v) is 7.16. The molecule has 0 atom stereocenters. The van der Waals surface area contributed by atoms with Crippen LogP contribution in [0.1, 0.15) is 41.8 Å². The van der Waals surface area contributed by atoms with Gasteiger partial charge in [-0.2, -0.15) is 0 Å². The topological polar surface area (TPSA) is 93.1 Å². The number of fused-ring (bicyclic) bond motifs is 1. The van der Waals surface area contributed by atoms with Gasteiger partial charge in [0.2, 0.25) is 5.91 Å². The third-order valence-electron chi connectivity index (χ3n) is 6.18. The highest BCUT2D eigenvalue weighted by molar-refractivity contribution is 7.99. The van der Waals surface area contributed by atoms with Crippen LogP contribution in [0.25, 0.3) is 10.9 Å². The summed E-state index contributed by atoms with van der Waals surface area (Å²) in [4.78, 5) is 43.1. The number of nitrogens with zero attached hydrogens (tertiary/aromatic N) is 2. The molecule has 4 aromatic rings. The van der Waals surface area contributed by atoms with E-state index < -0.39 is 5.82 Å². The van der Waals surface area contributed by atoms with Gasteiger partial charge >= 0.3 is 0 Å². The van der Waals surface area contributed by atoms with E-state index in [0.29, 0.717) is 45.3 Å². The van der Waals surface area contributed by atoms with Gasteiger partial charge in [-0.25, -0.2) is 9.37 Å². The third kappa shape index (κ3) is 7.32. The van der Waals surface area contributed by atoms with Gasteiger partial charge in [0, 0.05) is 17.8 Å². The molecular formula is C30H31FN4O3S. The summed E-state index contributed by atoms with van der Waals surface area (Å²) in [5.41, 5.74) is 2.53. The van der Waals surface area contributed by atoms with E-state index in [2.05, 4.69) is 29.5 Å². The summed E-state index contributed by atoms with van der Waals surface area (Å²) < 4.78 is 15.4. The van der Waals surface area contributed by atoms with Crippen LogP contribution in [0, 0.1) is 18.7 Å². The van der Waals surface area contributed by atoms with Crippen LogP contribution in [-0.4, -0.2) is 33.7 Å². The number of rotatable bonds is 10. The molecule has 7 nitrogen and oxygen atoms in total. The van der Waals surface area contributed by atoms with Crippen molar-refractivity contribution < 1.29 is 14.0 Å². The highest BCUT2D eigenvalue weighted by Gasteiger charge is 2.15. The molecule has 1 aromatic heterocycles. The number of aromatic nitrogens is 2. The van der Waals surface area contributed by atoms with Crippen LogP contribution in [0.5, 0.6) is 0 Å². The zero-order valence-electron chi connectivity index (χ0n) is 22.2. The zero-order chi connectivity index (χ0) is 27.9. The summed E-state index contributed by atoms with van der Waals surface area (Å²) in [6, 6.07) is 18.7. The predicted octanol–water partition coefficient (Wildman–Crippen LogP) is 5.40. The van der Waals surface area contributed by atoms with Crippen molar-refractivity contribution >= 4 is 40.2 Å². The van der Waals surface area contributed by atoms with E-state index in [1.807, 2.05) is 12.1 Å². The molecule has 0 unspecified atom stereocenters. The molecule has 202 valence electrons. The molecule has 3 aromatic carbocycles. The van der Waals surface area contributed by atoms with E-state index >= 15 is 0 Å². The van der Waals surface area contributed by atoms with Crippen molar-refractivity contribution in [2.24, 2.45) is 5.92 Å². The van der Waals surface area contributed by atoms with Crippen LogP contribution in [0.3, 0.4) is 0 Å². The van der Waals surface area contributed by atoms with Gasteiger partial charge in [-0.05, 0) is 66.8 Å². The minimum atomic E-state index is -0.399. The fourth-order valence-corrected chi connectivity index (χ4v) is 4.71. The Morgan fingerprint density at radius 2 is 1.79 bits per heavy atom. The molecule has 2 amide bonds. The van der Waals surface area contributed by atoms with Crippen molar-refractivity contribution in [3.8, 4) is 0 Å². The van der Waals surface area contributed by atoms with Crippen LogP contribution >= 0.6 is 11.8 Å². The van der Waals surface area contributed by atoms with E-state index in [-0.39, 0.29) is 29.7 Å². The van der Waals surface area contributed by atoms with Crippen LogP contribution in [0.15, 0.2) is 76.7 Å². The van der Waals surface area contributed by atoms with Gasteiger partial charge in [-0.1, -0.05) is 55.9 Å². The van der Waals surface area contributed by atoms with Crippen LogP contribution in [0.2, 0.25) is 0 Å². The minimum absolute atomic E-state index is 0.0181. The fraction of sp³-hybridized carbons (Fsp3) is 0.267. The van der Waals surface area contributed by atoms with E-state index in [1.54, 1.807) is 55.5 Å². The Kier molecular flexibility index (Phi) is 9.14. The van der Waals surface area contributed by atoms with Crippen molar-refractivity contribution in [2.45, 2.75) is 38.9 Å². The molecular weight excluding hydrogens is 515 g/mol. The number of para-hydroxylation sites is 1. The molecule has 9 heteroatoms. The minimum Gasteiger partial charge on any atom is -0.352 e. The molecule has 0 saturated heterocycles. The Hall–Kier alpha value is -3.98. The highest BCUT2D eigenvalue weighted by atomic mass is 32.2. The van der Waals surface area contributed by atoms with Gasteiger partial charge < -0.3 is 10.6 Å². The van der Waals surface area contributed by atoms with E-state index in [0.717, 1.165) is 23.7 Å². The SMILES string of the molecule is Cc1ccc(NC(=O)CSc2nc3ccccc3c(=O)n2Cc2ccc(C(=O)NCCC(C)C)cc2)cc1F. The molecule has 39 heavy (non-hydrogen) atoms. The maximum absolute atomic E-state index is 13.9. The molecule has 0 aliphatic carbocycles. The number of amides is 2. The molecule has 0 aliphatic rings. The first-order valence-electron chi connectivity index (χ1n) is 12.8. The summed E-state index contributed by atoms with van der Waals surface area (Å²) in [6.07, 6.45) is 0.905. The second kappa shape index (κ2) is 12.7. The number of anilines is 1. The molecule has 0 spiro atoms. The van der Waals surface area contributed by atoms with Crippen LogP contribution in [-0.2, 0) is 11.3 Å². The average molecular weight is 547 g/mol. The first-order valence-corrected chi connectivity index (χ1v) is 13.8. The summed E-state index contributed by atoms with van der Waals surface area (Å²) in [5, 5.41) is 6.47. The maximum atomic E-state index is 13.9. The Balaban J connectivity index is 1.52. The Labute approximate surface area is 230 Å². The Morgan fingerprint density at radius 1 is 1.05 bits per heavy atom. The summed E-state index contributed by atoms with van der Waals surface area (Å²) in [6.45, 7) is 6.70. The second-order valence-corrected chi connectivity index (χ2v) is 10.7. The van der Waals surface area contributed by atoms with Gasteiger partial charge in [0.05, 0.1) is 23.2 Å². The van der Waals surface area contributed by atoms with Crippen LogP contribution < -0.4 is 16.2 Å². The quantitative estimate of drug-likeness (QED) is 0.205. The number of carbonyl (C=O) groups excluding carboxylic acids is 2. The van der Waals surface area contributed by atoms with Crippen molar-refractivity contribution in [3.05, 3.63) is 99.6 Å². The number of hydrogen-bond donors (Lipinski definition) is 2. The van der Waals surface area contributed by atoms with Gasteiger partial charge in [-0.15, -0.1) is 0 Å². The van der Waals surface area contributed by atoms with E-state index in [9.17, 15) is 18.8 Å². The predicted molar refractivity (Wildman–Crippen MR) is 154 cm³/mol. The Morgan fingerprint density at radius 3 is 2.51 bits per heavy atom. The number of hydrogen-bond acceptors (Lipinski definition) is 5. The van der Waals surface area contributed by atoms with Gasteiger partial charge in [0.15, 0.2) is 5.16 Å². The van der Waals surface area contributed by atoms with Gasteiger partial charge in [0.25, 0.3) is 11.5 Å². The first kappa shape index (κ1) is 28.0. The molecule has 2 N–H and O–H groups in total. The second-order valence-electron chi connectivity index (χ2n) is 9.74. The Bertz CT molecular complexity index is 1550. The van der Waals surface area contributed by atoms with Crippen molar-refractivity contribution in [1.29, 1.82) is 0 Å². The first-order chi connectivity index (χ1) is 18.7. The maximum Gasteiger partial charge on any atom is 0.262 e. The number of halogens is 1. The zero-order valence-corrected chi connectivity index (χ0v) is 23.0. The molecule has 0 bridgehead atoms. The van der Waals surface area contributed by atoms with Crippen LogP contribution in [0.4, 0.5) is 10.1 Å². The standard InChI is InChI=1S/C30H31FN4O3S/c1-19(2)14-15-32-28(37)22-11-9-21(10-12-22)17-35-29(38)24-6-4-5-7-26(24)34-30(35)39-18-27(36)33-23-13-8-20(3)25(31)16-23/h4-13,16,19H,14-15,17-18H2,1-3H3,(H,32,37)(H,33,36). The van der Waals surface area contributed by atoms with Crippen molar-refractivity contribution in [1.82, 2.24) is 14.9 Å². The molecule has 0 aliphatic heterocycles. The molecule has 4 rings (SSSR count). The smallest absolute Gasteiger partial charge is 0.262 e. The lowest BCUT2D eigenvalue weighted by Gasteiger charge is -2.14. The molecule has 0 radical (unpaired) electrons. The average Bonchev–Trinajstić information content (AvgIpc) is 2.91. The largest absolute Gasteiger partial charge is 0.352 e. The number of thioether (sulfide) groups is 1. The number of benzene rings is 3. The van der Waals surface area contributed by atoms with E-state index in [4.69, 9.17) is 0 Å². The van der Waals surface area contributed by atoms with E-state index in [1.165, 1.54) is 10.6 Å². The lowest BCUT2D eigenvalue weighted by atomic mass is 10.1. The molecule has 0 fully saturated rings. The van der Waals surface area contributed by atoms with Gasteiger partial charge in [0.1, 0.15) is 5.82 Å². The van der Waals surface area contributed by atoms with Gasteiger partial charge in [-0.3, -0.25) is 19.0 Å².